The molecule has 1 saturated heterocycles. The summed E-state index contributed by atoms with van der Waals surface area (Å²) in [4.78, 5) is 36.8. The van der Waals surface area contributed by atoms with Crippen molar-refractivity contribution in [3.05, 3.63) is 0 Å². The van der Waals surface area contributed by atoms with Gasteiger partial charge in [-0.15, -0.1) is 0 Å². The normalized spacial score (nSPS) is 25.4. The van der Waals surface area contributed by atoms with Gasteiger partial charge in [-0.1, -0.05) is 53.9 Å². The van der Waals surface area contributed by atoms with E-state index in [1.165, 1.54) is 0 Å². The lowest BCUT2D eigenvalue weighted by molar-refractivity contribution is -0.151. The van der Waals surface area contributed by atoms with Crippen molar-refractivity contribution < 1.29 is 19.1 Å². The maximum Gasteiger partial charge on any atom is 0.328 e. The lowest BCUT2D eigenvalue weighted by Gasteiger charge is -2.32. The summed E-state index contributed by atoms with van der Waals surface area (Å²) in [7, 11) is 0. The number of amides is 2. The van der Waals surface area contributed by atoms with E-state index >= 15 is 0 Å². The molecule has 0 aliphatic carbocycles. The minimum Gasteiger partial charge on any atom is -0.462 e. The fourth-order valence-electron chi connectivity index (χ4n) is 2.87. The Hall–Kier alpha value is -1.59. The Kier molecular flexibility index (Phi) is 9.09. The zero-order valence-corrected chi connectivity index (χ0v) is 17.0. The van der Waals surface area contributed by atoms with Gasteiger partial charge in [-0.2, -0.15) is 0 Å². The molecule has 2 amide bonds. The minimum absolute atomic E-state index is 0.00165. The third kappa shape index (κ3) is 8.19. The first-order valence-corrected chi connectivity index (χ1v) is 9.86. The van der Waals surface area contributed by atoms with Crippen LogP contribution in [0.3, 0.4) is 0 Å². The molecular weight excluding hydrogens is 332 g/mol. The summed E-state index contributed by atoms with van der Waals surface area (Å²) in [6.45, 7) is 9.89. The second-order valence-electron chi connectivity index (χ2n) is 8.67. The second kappa shape index (κ2) is 10.5. The van der Waals surface area contributed by atoms with Crippen LogP contribution in [-0.2, 0) is 19.1 Å². The SMILES string of the molecule is CC(C)[C@@H]1NC(=O)CCCCCCCC(=O)N[C@@H](C(C)(C)C)COC1=O. The molecule has 2 atom stereocenters. The van der Waals surface area contributed by atoms with Gasteiger partial charge in [0, 0.05) is 12.8 Å². The molecule has 0 aromatic rings. The number of hydrogen-bond acceptors (Lipinski definition) is 4. The van der Waals surface area contributed by atoms with Crippen LogP contribution < -0.4 is 10.6 Å². The van der Waals surface area contributed by atoms with Crippen molar-refractivity contribution in [2.24, 2.45) is 11.3 Å². The number of ether oxygens (including phenoxy) is 1. The second-order valence-corrected chi connectivity index (χ2v) is 8.67. The lowest BCUT2D eigenvalue weighted by Crippen LogP contribution is -2.50. The minimum atomic E-state index is -0.660. The molecule has 6 nitrogen and oxygen atoms in total. The van der Waals surface area contributed by atoms with Crippen LogP contribution in [0.1, 0.15) is 79.6 Å². The van der Waals surface area contributed by atoms with Gasteiger partial charge in [-0.05, 0) is 24.2 Å². The summed E-state index contributed by atoms with van der Waals surface area (Å²) in [5.74, 6) is -0.604. The molecular formula is C20H36N2O4. The van der Waals surface area contributed by atoms with Crippen LogP contribution >= 0.6 is 0 Å². The lowest BCUT2D eigenvalue weighted by atomic mass is 9.87. The molecule has 2 N–H and O–H groups in total. The van der Waals surface area contributed by atoms with Crippen LogP contribution in [0.2, 0.25) is 0 Å². The van der Waals surface area contributed by atoms with Crippen LogP contribution in [-0.4, -0.2) is 36.5 Å². The van der Waals surface area contributed by atoms with Gasteiger partial charge in [0.2, 0.25) is 11.8 Å². The zero-order valence-electron chi connectivity index (χ0n) is 17.0. The number of rotatable bonds is 1. The quantitative estimate of drug-likeness (QED) is 0.697. The van der Waals surface area contributed by atoms with Crippen molar-refractivity contribution in [3.8, 4) is 0 Å². The molecule has 0 saturated carbocycles. The number of esters is 1. The van der Waals surface area contributed by atoms with Gasteiger partial charge in [0.05, 0.1) is 6.04 Å². The summed E-state index contributed by atoms with van der Waals surface area (Å²) < 4.78 is 5.48. The van der Waals surface area contributed by atoms with Gasteiger partial charge in [0.1, 0.15) is 12.6 Å². The molecule has 6 heteroatoms. The highest BCUT2D eigenvalue weighted by atomic mass is 16.5. The van der Waals surface area contributed by atoms with E-state index in [0.717, 1.165) is 32.1 Å². The van der Waals surface area contributed by atoms with E-state index in [-0.39, 0.29) is 35.8 Å². The Morgan fingerprint density at radius 2 is 1.38 bits per heavy atom. The van der Waals surface area contributed by atoms with Gasteiger partial charge in [0.15, 0.2) is 0 Å². The fraction of sp³-hybridized carbons (Fsp3) is 0.850. The highest BCUT2D eigenvalue weighted by Gasteiger charge is 2.30. The standard InChI is InChI=1S/C20H36N2O4/c1-14(2)18-19(25)26-13-15(20(3,4)5)21-16(23)11-9-7-6-8-10-12-17(24)22-18/h14-15,18H,6-13H2,1-5H3,(H,21,23)(H,22,24)/t15-,18+/m1/s1. The smallest absolute Gasteiger partial charge is 0.328 e. The summed E-state index contributed by atoms with van der Waals surface area (Å²) in [6.07, 6.45) is 5.49. The van der Waals surface area contributed by atoms with E-state index in [9.17, 15) is 14.4 Å². The molecule has 26 heavy (non-hydrogen) atoms. The molecule has 1 rings (SSSR count). The van der Waals surface area contributed by atoms with Crippen LogP contribution in [0.25, 0.3) is 0 Å². The van der Waals surface area contributed by atoms with Crippen molar-refractivity contribution in [3.63, 3.8) is 0 Å². The predicted molar refractivity (Wildman–Crippen MR) is 101 cm³/mol. The zero-order chi connectivity index (χ0) is 19.7. The van der Waals surface area contributed by atoms with E-state index in [0.29, 0.717) is 12.8 Å². The highest BCUT2D eigenvalue weighted by molar-refractivity contribution is 5.84. The number of carbonyl (C=O) groups is 3. The van der Waals surface area contributed by atoms with Crippen LogP contribution in [0.5, 0.6) is 0 Å². The van der Waals surface area contributed by atoms with Crippen molar-refractivity contribution in [1.82, 2.24) is 10.6 Å². The van der Waals surface area contributed by atoms with Gasteiger partial charge in [-0.3, -0.25) is 9.59 Å². The number of carbonyl (C=O) groups excluding carboxylic acids is 3. The Morgan fingerprint density at radius 3 is 1.88 bits per heavy atom. The number of cyclic esters (lactones) is 1. The topological polar surface area (TPSA) is 84.5 Å². The predicted octanol–water partition coefficient (Wildman–Crippen LogP) is 2.95. The molecule has 0 aromatic carbocycles. The van der Waals surface area contributed by atoms with Gasteiger partial charge >= 0.3 is 5.97 Å². The Morgan fingerprint density at radius 1 is 0.885 bits per heavy atom. The summed E-state index contributed by atoms with van der Waals surface area (Å²) in [5, 5.41) is 5.82. The van der Waals surface area contributed by atoms with Gasteiger partial charge < -0.3 is 15.4 Å². The van der Waals surface area contributed by atoms with Crippen molar-refractivity contribution in [1.29, 1.82) is 0 Å². The summed E-state index contributed by atoms with van der Waals surface area (Å²) in [6, 6.07) is -0.929. The summed E-state index contributed by atoms with van der Waals surface area (Å²) >= 11 is 0. The maximum atomic E-state index is 12.5. The van der Waals surface area contributed by atoms with E-state index in [1.54, 1.807) is 0 Å². The number of hydrogen-bond donors (Lipinski definition) is 2. The van der Waals surface area contributed by atoms with E-state index in [2.05, 4.69) is 10.6 Å². The first-order chi connectivity index (χ1) is 12.1. The maximum absolute atomic E-state index is 12.5. The molecule has 0 bridgehead atoms. The average molecular weight is 369 g/mol. The molecule has 0 radical (unpaired) electrons. The molecule has 0 spiro atoms. The first-order valence-electron chi connectivity index (χ1n) is 9.86. The van der Waals surface area contributed by atoms with Crippen molar-refractivity contribution in [2.75, 3.05) is 6.61 Å². The Balaban J connectivity index is 2.86. The molecule has 1 aliphatic rings. The molecule has 150 valence electrons. The van der Waals surface area contributed by atoms with Crippen LogP contribution in [0, 0.1) is 11.3 Å². The third-order valence-corrected chi connectivity index (χ3v) is 4.82. The Bertz CT molecular complexity index is 483. The first kappa shape index (κ1) is 22.5. The summed E-state index contributed by atoms with van der Waals surface area (Å²) in [5.41, 5.74) is -0.238. The van der Waals surface area contributed by atoms with Crippen molar-refractivity contribution >= 4 is 17.8 Å². The van der Waals surface area contributed by atoms with Crippen LogP contribution in [0.15, 0.2) is 0 Å². The fourth-order valence-corrected chi connectivity index (χ4v) is 2.87. The molecule has 1 heterocycles. The van der Waals surface area contributed by atoms with Gasteiger partial charge in [0.25, 0.3) is 0 Å². The Labute approximate surface area is 157 Å². The third-order valence-electron chi connectivity index (χ3n) is 4.82. The molecule has 1 aliphatic heterocycles. The van der Waals surface area contributed by atoms with E-state index in [4.69, 9.17) is 4.74 Å². The average Bonchev–Trinajstić information content (AvgIpc) is 2.53. The molecule has 1 fully saturated rings. The highest BCUT2D eigenvalue weighted by Crippen LogP contribution is 2.20. The van der Waals surface area contributed by atoms with Crippen LogP contribution in [0.4, 0.5) is 0 Å². The molecule has 0 unspecified atom stereocenters. The van der Waals surface area contributed by atoms with E-state index < -0.39 is 12.0 Å². The van der Waals surface area contributed by atoms with Gasteiger partial charge in [-0.25, -0.2) is 4.79 Å². The van der Waals surface area contributed by atoms with Crippen molar-refractivity contribution in [2.45, 2.75) is 91.6 Å². The largest absolute Gasteiger partial charge is 0.462 e. The number of nitrogens with one attached hydrogen (secondary N) is 2. The monoisotopic (exact) mass is 368 g/mol. The van der Waals surface area contributed by atoms with E-state index in [1.807, 2.05) is 34.6 Å². The molecule has 0 aromatic heterocycles.